The summed E-state index contributed by atoms with van der Waals surface area (Å²) in [5.74, 6) is 0. The Labute approximate surface area is 74.6 Å². The average Bonchev–Trinajstić information content (AvgIpc) is 2.63. The lowest BCUT2D eigenvalue weighted by Gasteiger charge is -2.29. The zero-order valence-electron chi connectivity index (χ0n) is 8.14. The van der Waals surface area contributed by atoms with Crippen LogP contribution < -0.4 is 4.72 Å². The monoisotopic (exact) mass is 191 g/mol. The van der Waals surface area contributed by atoms with Crippen LogP contribution >= 0.6 is 0 Å². The lowest BCUT2D eigenvalue weighted by atomic mass is 9.90. The second-order valence-corrected chi connectivity index (χ2v) is 6.65. The Morgan fingerprint density at radius 3 is 1.75 bits per heavy atom. The average molecular weight is 191 g/mol. The molecule has 1 fully saturated rings. The third-order valence-electron chi connectivity index (χ3n) is 2.85. The maximum absolute atomic E-state index is 11.6. The van der Waals surface area contributed by atoms with Crippen LogP contribution in [0.15, 0.2) is 0 Å². The Bertz CT molecular complexity index is 270. The molecule has 0 amide bonds. The van der Waals surface area contributed by atoms with E-state index in [9.17, 15) is 8.42 Å². The molecule has 0 saturated heterocycles. The number of nitrogens with one attached hydrogen (secondary N) is 1. The van der Waals surface area contributed by atoms with E-state index in [-0.39, 0.29) is 5.41 Å². The number of hydrogen-bond acceptors (Lipinski definition) is 2. The highest BCUT2D eigenvalue weighted by Gasteiger charge is 2.61. The second-order valence-electron chi connectivity index (χ2n) is 4.45. The second kappa shape index (κ2) is 2.45. The summed E-state index contributed by atoms with van der Waals surface area (Å²) in [5, 5.41) is 0. The van der Waals surface area contributed by atoms with Crippen molar-refractivity contribution in [2.24, 2.45) is 5.41 Å². The maximum atomic E-state index is 11.6. The van der Waals surface area contributed by atoms with Gasteiger partial charge in [-0.2, -0.15) is 0 Å². The summed E-state index contributed by atoms with van der Waals surface area (Å²) >= 11 is 0. The van der Waals surface area contributed by atoms with Crippen LogP contribution in [0, 0.1) is 5.41 Å². The van der Waals surface area contributed by atoms with Crippen molar-refractivity contribution in [1.29, 1.82) is 0 Å². The van der Waals surface area contributed by atoms with E-state index in [2.05, 4.69) is 4.72 Å². The quantitative estimate of drug-likeness (QED) is 0.711. The van der Waals surface area contributed by atoms with Gasteiger partial charge in [0.1, 0.15) is 0 Å². The molecule has 0 heterocycles. The first-order chi connectivity index (χ1) is 5.27. The molecule has 3 nitrogen and oxygen atoms in total. The van der Waals surface area contributed by atoms with E-state index in [0.717, 1.165) is 12.8 Å². The molecule has 0 aromatic carbocycles. The Morgan fingerprint density at radius 2 is 1.67 bits per heavy atom. The van der Waals surface area contributed by atoms with Gasteiger partial charge in [0.2, 0.25) is 10.0 Å². The van der Waals surface area contributed by atoms with Gasteiger partial charge in [-0.1, -0.05) is 20.8 Å². The predicted octanol–water partition coefficient (Wildman–Crippen LogP) is 1.11. The van der Waals surface area contributed by atoms with Crippen LogP contribution in [0.3, 0.4) is 0 Å². The molecule has 0 unspecified atom stereocenters. The highest BCUT2D eigenvalue weighted by molar-refractivity contribution is 7.91. The van der Waals surface area contributed by atoms with E-state index in [1.54, 1.807) is 0 Å². The Hall–Kier alpha value is -0.0900. The molecule has 0 atom stereocenters. The topological polar surface area (TPSA) is 46.2 Å². The van der Waals surface area contributed by atoms with Gasteiger partial charge >= 0.3 is 0 Å². The number of hydrogen-bond donors (Lipinski definition) is 1. The van der Waals surface area contributed by atoms with Gasteiger partial charge in [-0.15, -0.1) is 0 Å². The minimum absolute atomic E-state index is 0.158. The summed E-state index contributed by atoms with van der Waals surface area (Å²) < 4.78 is 25.2. The SMILES string of the molecule is CNS(=O)(=O)C1(C(C)(C)C)CC1. The number of sulfonamides is 1. The van der Waals surface area contributed by atoms with E-state index >= 15 is 0 Å². The summed E-state index contributed by atoms with van der Waals surface area (Å²) in [7, 11) is -1.61. The molecule has 0 bridgehead atoms. The summed E-state index contributed by atoms with van der Waals surface area (Å²) in [6.07, 6.45) is 1.58. The Morgan fingerprint density at radius 1 is 1.25 bits per heavy atom. The molecular weight excluding hydrogens is 174 g/mol. The van der Waals surface area contributed by atoms with Gasteiger partial charge in [0.15, 0.2) is 0 Å². The third kappa shape index (κ3) is 1.17. The normalized spacial score (nSPS) is 22.3. The van der Waals surface area contributed by atoms with Crippen molar-refractivity contribution in [3.63, 3.8) is 0 Å². The fraction of sp³-hybridized carbons (Fsp3) is 1.00. The molecule has 1 rings (SSSR count). The summed E-state index contributed by atoms with van der Waals surface area (Å²) in [6.45, 7) is 5.94. The minimum Gasteiger partial charge on any atom is -0.218 e. The first-order valence-corrected chi connectivity index (χ1v) is 5.68. The van der Waals surface area contributed by atoms with E-state index < -0.39 is 14.8 Å². The molecule has 1 aliphatic carbocycles. The smallest absolute Gasteiger partial charge is 0.217 e. The van der Waals surface area contributed by atoms with Crippen molar-refractivity contribution in [3.8, 4) is 0 Å². The molecule has 12 heavy (non-hydrogen) atoms. The molecule has 0 aromatic heterocycles. The molecule has 0 spiro atoms. The Balaban J connectivity index is 3.04. The predicted molar refractivity (Wildman–Crippen MR) is 49.4 cm³/mol. The van der Waals surface area contributed by atoms with Gasteiger partial charge in [0.05, 0.1) is 4.75 Å². The first kappa shape index (κ1) is 9.99. The fourth-order valence-electron chi connectivity index (χ4n) is 1.73. The van der Waals surface area contributed by atoms with Gasteiger partial charge in [0.25, 0.3) is 0 Å². The van der Waals surface area contributed by atoms with Crippen LogP contribution in [-0.4, -0.2) is 20.2 Å². The van der Waals surface area contributed by atoms with Crippen LogP contribution in [-0.2, 0) is 10.0 Å². The van der Waals surface area contributed by atoms with Crippen LogP contribution in [0.4, 0.5) is 0 Å². The van der Waals surface area contributed by atoms with Crippen molar-refractivity contribution in [2.75, 3.05) is 7.05 Å². The molecule has 1 N–H and O–H groups in total. The van der Waals surface area contributed by atoms with Gasteiger partial charge < -0.3 is 0 Å². The van der Waals surface area contributed by atoms with Crippen molar-refractivity contribution < 1.29 is 8.42 Å². The van der Waals surface area contributed by atoms with Crippen LogP contribution in [0.2, 0.25) is 0 Å². The molecule has 1 aliphatic rings. The van der Waals surface area contributed by atoms with E-state index in [1.807, 2.05) is 20.8 Å². The van der Waals surface area contributed by atoms with Gasteiger partial charge in [-0.05, 0) is 25.3 Å². The highest BCUT2D eigenvalue weighted by Crippen LogP contribution is 2.55. The first-order valence-electron chi connectivity index (χ1n) is 4.20. The van der Waals surface area contributed by atoms with E-state index in [4.69, 9.17) is 0 Å². The van der Waals surface area contributed by atoms with E-state index in [0.29, 0.717) is 0 Å². The largest absolute Gasteiger partial charge is 0.218 e. The standard InChI is InChI=1S/C8H17NO2S/c1-7(2,3)8(5-6-8)12(10,11)9-4/h9H,5-6H2,1-4H3. The lowest BCUT2D eigenvalue weighted by Crippen LogP contribution is -2.42. The zero-order valence-corrected chi connectivity index (χ0v) is 8.96. The van der Waals surface area contributed by atoms with Crippen LogP contribution in [0.25, 0.3) is 0 Å². The molecule has 0 radical (unpaired) electrons. The number of rotatable bonds is 2. The summed E-state index contributed by atoms with van der Waals surface area (Å²) in [4.78, 5) is 0. The molecule has 0 aliphatic heterocycles. The molecule has 1 saturated carbocycles. The molecule has 72 valence electrons. The highest BCUT2D eigenvalue weighted by atomic mass is 32.2. The van der Waals surface area contributed by atoms with Crippen molar-refractivity contribution in [2.45, 2.75) is 38.4 Å². The molecular formula is C8H17NO2S. The van der Waals surface area contributed by atoms with Crippen LogP contribution in [0.1, 0.15) is 33.6 Å². The van der Waals surface area contributed by atoms with Gasteiger partial charge in [-0.25, -0.2) is 13.1 Å². The molecule has 4 heteroatoms. The van der Waals surface area contributed by atoms with Crippen molar-refractivity contribution in [3.05, 3.63) is 0 Å². The summed E-state index contributed by atoms with van der Waals surface area (Å²) in [6, 6.07) is 0. The maximum Gasteiger partial charge on any atom is 0.217 e. The minimum atomic E-state index is -3.09. The third-order valence-corrected chi connectivity index (χ3v) is 5.44. The van der Waals surface area contributed by atoms with Gasteiger partial charge in [0, 0.05) is 0 Å². The van der Waals surface area contributed by atoms with Crippen molar-refractivity contribution >= 4 is 10.0 Å². The Kier molecular flexibility index (Phi) is 2.04. The summed E-state index contributed by atoms with van der Waals surface area (Å²) in [5.41, 5.74) is -0.158. The lowest BCUT2D eigenvalue weighted by molar-refractivity contribution is 0.360. The molecule has 0 aromatic rings. The fourth-order valence-corrected chi connectivity index (χ4v) is 3.57. The van der Waals surface area contributed by atoms with E-state index in [1.165, 1.54) is 7.05 Å². The van der Waals surface area contributed by atoms with Gasteiger partial charge in [-0.3, -0.25) is 0 Å². The zero-order chi connectivity index (χ0) is 9.62. The van der Waals surface area contributed by atoms with Crippen molar-refractivity contribution in [1.82, 2.24) is 4.72 Å². The van der Waals surface area contributed by atoms with Crippen LogP contribution in [0.5, 0.6) is 0 Å².